The number of fused-ring (bicyclic) bond motifs is 1. The van der Waals surface area contributed by atoms with E-state index < -0.39 is 17.4 Å². The summed E-state index contributed by atoms with van der Waals surface area (Å²) in [4.78, 5) is 16.7. The Labute approximate surface area is 201 Å². The molecule has 0 fully saturated rings. The van der Waals surface area contributed by atoms with Gasteiger partial charge in [0.05, 0.1) is 6.54 Å². The Kier molecular flexibility index (Phi) is 6.03. The van der Waals surface area contributed by atoms with Crippen molar-refractivity contribution in [1.29, 1.82) is 0 Å². The van der Waals surface area contributed by atoms with Crippen LogP contribution in [0.2, 0.25) is 0 Å². The Morgan fingerprint density at radius 1 is 1.03 bits per heavy atom. The van der Waals surface area contributed by atoms with Crippen LogP contribution in [-0.2, 0) is 13.2 Å². The number of nitrogens with one attached hydrogen (secondary N) is 1. The SMILES string of the molecule is CC(C)c1ccc(COc2c(F)cc(-c3c(-c4ccncc4)nn4c3C(=O)NCC4)cc2F)cc1. The summed E-state index contributed by atoms with van der Waals surface area (Å²) in [5, 5.41) is 7.36. The molecule has 3 heterocycles. The summed E-state index contributed by atoms with van der Waals surface area (Å²) in [6.07, 6.45) is 3.20. The van der Waals surface area contributed by atoms with E-state index in [0.717, 1.165) is 5.56 Å². The number of halogens is 2. The molecule has 0 radical (unpaired) electrons. The van der Waals surface area contributed by atoms with Crippen molar-refractivity contribution in [2.75, 3.05) is 6.54 Å². The summed E-state index contributed by atoms with van der Waals surface area (Å²) in [5.74, 6) is -2.12. The van der Waals surface area contributed by atoms with Gasteiger partial charge in [0, 0.05) is 30.1 Å². The minimum absolute atomic E-state index is 0.0272. The predicted molar refractivity (Wildman–Crippen MR) is 128 cm³/mol. The summed E-state index contributed by atoms with van der Waals surface area (Å²) >= 11 is 0. The maximum Gasteiger partial charge on any atom is 0.270 e. The van der Waals surface area contributed by atoms with E-state index in [1.807, 2.05) is 24.3 Å². The third-order valence-corrected chi connectivity index (χ3v) is 6.05. The van der Waals surface area contributed by atoms with E-state index in [-0.39, 0.29) is 23.8 Å². The number of hydrogen-bond donors (Lipinski definition) is 1. The second-order valence-corrected chi connectivity index (χ2v) is 8.74. The fourth-order valence-corrected chi connectivity index (χ4v) is 4.20. The molecule has 2 aromatic carbocycles. The molecular formula is C27H24F2N4O2. The van der Waals surface area contributed by atoms with Gasteiger partial charge in [-0.2, -0.15) is 5.10 Å². The first-order chi connectivity index (χ1) is 16.9. The van der Waals surface area contributed by atoms with Crippen LogP contribution < -0.4 is 10.1 Å². The maximum absolute atomic E-state index is 15.1. The number of carbonyl (C=O) groups excluding carboxylic acids is 1. The molecule has 178 valence electrons. The zero-order chi connectivity index (χ0) is 24.5. The third-order valence-electron chi connectivity index (χ3n) is 6.05. The highest BCUT2D eigenvalue weighted by molar-refractivity contribution is 6.03. The van der Waals surface area contributed by atoms with E-state index in [1.165, 1.54) is 17.7 Å². The largest absolute Gasteiger partial charge is 0.483 e. The molecule has 2 aromatic heterocycles. The molecule has 5 rings (SSSR count). The van der Waals surface area contributed by atoms with Crippen LogP contribution >= 0.6 is 0 Å². The zero-order valence-corrected chi connectivity index (χ0v) is 19.4. The number of aromatic nitrogens is 3. The number of ether oxygens (including phenoxy) is 1. The molecule has 1 amide bonds. The number of pyridine rings is 1. The lowest BCUT2D eigenvalue weighted by atomic mass is 9.98. The molecule has 0 unspecified atom stereocenters. The molecule has 8 heteroatoms. The summed E-state index contributed by atoms with van der Waals surface area (Å²) in [6.45, 7) is 5.11. The molecule has 6 nitrogen and oxygen atoms in total. The number of hydrogen-bond acceptors (Lipinski definition) is 4. The minimum atomic E-state index is -0.851. The molecule has 4 aromatic rings. The number of benzene rings is 2. The Morgan fingerprint density at radius 2 is 1.71 bits per heavy atom. The van der Waals surface area contributed by atoms with E-state index in [9.17, 15) is 4.79 Å². The van der Waals surface area contributed by atoms with Crippen molar-refractivity contribution < 1.29 is 18.3 Å². The Balaban J connectivity index is 1.51. The van der Waals surface area contributed by atoms with Crippen LogP contribution in [0.1, 0.15) is 41.4 Å². The van der Waals surface area contributed by atoms with Crippen LogP contribution in [0.3, 0.4) is 0 Å². The van der Waals surface area contributed by atoms with Crippen LogP contribution in [0.4, 0.5) is 8.78 Å². The fourth-order valence-electron chi connectivity index (χ4n) is 4.20. The topological polar surface area (TPSA) is 69.0 Å². The van der Waals surface area contributed by atoms with Gasteiger partial charge in [-0.25, -0.2) is 8.78 Å². The molecule has 0 saturated carbocycles. The lowest BCUT2D eigenvalue weighted by Gasteiger charge is -2.16. The van der Waals surface area contributed by atoms with E-state index in [4.69, 9.17) is 4.74 Å². The molecular weight excluding hydrogens is 450 g/mol. The molecule has 1 N–H and O–H groups in total. The Hall–Kier alpha value is -4.07. The van der Waals surface area contributed by atoms with Gasteiger partial charge >= 0.3 is 0 Å². The van der Waals surface area contributed by atoms with Gasteiger partial charge in [-0.15, -0.1) is 0 Å². The second kappa shape index (κ2) is 9.29. The quantitative estimate of drug-likeness (QED) is 0.410. The van der Waals surface area contributed by atoms with Crippen LogP contribution in [0.15, 0.2) is 60.9 Å². The van der Waals surface area contributed by atoms with Crippen molar-refractivity contribution in [2.45, 2.75) is 32.9 Å². The summed E-state index contributed by atoms with van der Waals surface area (Å²) < 4.78 is 37.4. The highest BCUT2D eigenvalue weighted by Crippen LogP contribution is 2.38. The first-order valence-electron chi connectivity index (χ1n) is 11.4. The number of nitrogens with zero attached hydrogens (tertiary/aromatic N) is 3. The van der Waals surface area contributed by atoms with Crippen molar-refractivity contribution in [3.8, 4) is 28.1 Å². The van der Waals surface area contributed by atoms with E-state index >= 15 is 8.78 Å². The van der Waals surface area contributed by atoms with E-state index in [2.05, 4.69) is 29.2 Å². The van der Waals surface area contributed by atoms with Crippen LogP contribution in [-0.4, -0.2) is 27.2 Å². The standard InChI is InChI=1S/C27H24F2N4O2/c1-16(2)18-5-3-17(4-6-18)15-35-26-21(28)13-20(14-22(26)29)23-24(19-7-9-30-10-8-19)32-33-12-11-31-27(34)25(23)33/h3-10,13-14,16H,11-12,15H2,1-2H3,(H,31,34). The average molecular weight is 475 g/mol. The summed E-state index contributed by atoms with van der Waals surface area (Å²) in [5.41, 5.74) is 3.96. The third kappa shape index (κ3) is 4.39. The number of carbonyl (C=O) groups is 1. The molecule has 1 aliphatic rings. The lowest BCUT2D eigenvalue weighted by Crippen LogP contribution is -2.35. The number of rotatable bonds is 6. The Morgan fingerprint density at radius 3 is 2.37 bits per heavy atom. The molecule has 0 aliphatic carbocycles. The van der Waals surface area contributed by atoms with Gasteiger partial charge in [-0.1, -0.05) is 38.1 Å². The predicted octanol–water partition coefficient (Wildman–Crippen LogP) is 5.34. The van der Waals surface area contributed by atoms with Gasteiger partial charge in [0.15, 0.2) is 17.4 Å². The smallest absolute Gasteiger partial charge is 0.270 e. The summed E-state index contributed by atoms with van der Waals surface area (Å²) in [7, 11) is 0. The normalized spacial score (nSPS) is 13.0. The molecule has 1 aliphatic heterocycles. The molecule has 0 saturated heterocycles. The van der Waals surface area contributed by atoms with E-state index in [1.54, 1.807) is 29.2 Å². The second-order valence-electron chi connectivity index (χ2n) is 8.74. The monoisotopic (exact) mass is 474 g/mol. The fraction of sp³-hybridized carbons (Fsp3) is 0.222. The van der Waals surface area contributed by atoms with Crippen molar-refractivity contribution in [2.24, 2.45) is 0 Å². The van der Waals surface area contributed by atoms with Crippen LogP contribution in [0, 0.1) is 11.6 Å². The first kappa shape index (κ1) is 22.7. The van der Waals surface area contributed by atoms with E-state index in [0.29, 0.717) is 35.8 Å². The highest BCUT2D eigenvalue weighted by Gasteiger charge is 2.29. The van der Waals surface area contributed by atoms with Crippen LogP contribution in [0.25, 0.3) is 22.4 Å². The summed E-state index contributed by atoms with van der Waals surface area (Å²) in [6, 6.07) is 13.6. The zero-order valence-electron chi connectivity index (χ0n) is 19.4. The van der Waals surface area contributed by atoms with Crippen molar-refractivity contribution in [3.05, 3.63) is 89.4 Å². The molecule has 35 heavy (non-hydrogen) atoms. The highest BCUT2D eigenvalue weighted by atomic mass is 19.1. The lowest BCUT2D eigenvalue weighted by molar-refractivity contribution is 0.0925. The first-order valence-corrected chi connectivity index (χ1v) is 11.4. The van der Waals surface area contributed by atoms with Gasteiger partial charge in [-0.3, -0.25) is 14.5 Å². The average Bonchev–Trinajstić information content (AvgIpc) is 3.25. The molecule has 0 bridgehead atoms. The Bertz CT molecular complexity index is 1360. The molecule has 0 spiro atoms. The van der Waals surface area contributed by atoms with Gasteiger partial charge < -0.3 is 10.1 Å². The van der Waals surface area contributed by atoms with Crippen LogP contribution in [0.5, 0.6) is 5.75 Å². The van der Waals surface area contributed by atoms with Crippen molar-refractivity contribution >= 4 is 5.91 Å². The van der Waals surface area contributed by atoms with Gasteiger partial charge in [0.1, 0.15) is 18.0 Å². The minimum Gasteiger partial charge on any atom is -0.483 e. The van der Waals surface area contributed by atoms with Crippen molar-refractivity contribution in [3.63, 3.8) is 0 Å². The maximum atomic E-state index is 15.1. The van der Waals surface area contributed by atoms with Gasteiger partial charge in [-0.05, 0) is 46.9 Å². The molecule has 0 atom stereocenters. The van der Waals surface area contributed by atoms with Gasteiger partial charge in [0.2, 0.25) is 0 Å². The van der Waals surface area contributed by atoms with Gasteiger partial charge in [0.25, 0.3) is 5.91 Å². The van der Waals surface area contributed by atoms with Crippen molar-refractivity contribution in [1.82, 2.24) is 20.1 Å². The number of amides is 1.